The van der Waals surface area contributed by atoms with Gasteiger partial charge in [0.15, 0.2) is 6.61 Å². The molecule has 5 nitrogen and oxygen atoms in total. The van der Waals surface area contributed by atoms with Crippen LogP contribution in [0.15, 0.2) is 42.5 Å². The van der Waals surface area contributed by atoms with Crippen molar-refractivity contribution in [2.24, 2.45) is 0 Å². The second-order valence-corrected chi connectivity index (χ2v) is 7.43. The molecule has 1 aliphatic rings. The second-order valence-electron chi connectivity index (χ2n) is 7.43. The van der Waals surface area contributed by atoms with E-state index < -0.39 is 12.6 Å². The van der Waals surface area contributed by atoms with Crippen LogP contribution in [0.2, 0.25) is 0 Å². The van der Waals surface area contributed by atoms with Crippen molar-refractivity contribution in [1.82, 2.24) is 4.90 Å². The van der Waals surface area contributed by atoms with Crippen molar-refractivity contribution in [1.29, 1.82) is 0 Å². The number of benzene rings is 2. The standard InChI is InChI=1S/C22H25NO4/c1-15-11-17(12-16(2)20(15)27-13-19(24)25)21(26)23(3)14-22(9-10-22)18-7-5-4-6-8-18/h4-8,11-12H,9-10,13-14H2,1-3H3,(H,24,25). The molecule has 0 aromatic heterocycles. The van der Waals surface area contributed by atoms with Crippen LogP contribution < -0.4 is 4.74 Å². The molecule has 1 N–H and O–H groups in total. The predicted octanol–water partition coefficient (Wildman–Crippen LogP) is 3.57. The molecule has 0 radical (unpaired) electrons. The van der Waals surface area contributed by atoms with Gasteiger partial charge in [0.2, 0.25) is 0 Å². The third kappa shape index (κ3) is 4.13. The van der Waals surface area contributed by atoms with E-state index in [1.165, 1.54) is 5.56 Å². The zero-order valence-corrected chi connectivity index (χ0v) is 16.0. The summed E-state index contributed by atoms with van der Waals surface area (Å²) in [4.78, 5) is 25.5. The molecular formula is C22H25NO4. The van der Waals surface area contributed by atoms with Gasteiger partial charge in [-0.3, -0.25) is 4.79 Å². The summed E-state index contributed by atoms with van der Waals surface area (Å²) in [5.74, 6) is -0.530. The van der Waals surface area contributed by atoms with Crippen LogP contribution in [-0.2, 0) is 10.2 Å². The van der Waals surface area contributed by atoms with Gasteiger partial charge in [-0.15, -0.1) is 0 Å². The fourth-order valence-corrected chi connectivity index (χ4v) is 3.66. The molecule has 27 heavy (non-hydrogen) atoms. The fraction of sp³-hybridized carbons (Fsp3) is 0.364. The van der Waals surface area contributed by atoms with Crippen molar-refractivity contribution in [3.63, 3.8) is 0 Å². The first-order valence-electron chi connectivity index (χ1n) is 9.09. The number of aliphatic carboxylic acids is 1. The quantitative estimate of drug-likeness (QED) is 0.812. The van der Waals surface area contributed by atoms with Gasteiger partial charge in [-0.05, 0) is 55.5 Å². The van der Waals surface area contributed by atoms with Gasteiger partial charge in [0.25, 0.3) is 5.91 Å². The molecule has 3 rings (SSSR count). The Kier molecular flexibility index (Phi) is 5.22. The Morgan fingerprint density at radius 2 is 1.70 bits per heavy atom. The zero-order chi connectivity index (χ0) is 19.6. The minimum atomic E-state index is -1.02. The first-order chi connectivity index (χ1) is 12.8. The van der Waals surface area contributed by atoms with Crippen molar-refractivity contribution in [3.8, 4) is 5.75 Å². The second kappa shape index (κ2) is 7.43. The highest BCUT2D eigenvalue weighted by molar-refractivity contribution is 5.95. The number of ether oxygens (including phenoxy) is 1. The third-order valence-corrected chi connectivity index (χ3v) is 5.17. The maximum atomic E-state index is 13.0. The topological polar surface area (TPSA) is 66.8 Å². The van der Waals surface area contributed by atoms with Gasteiger partial charge in [0.05, 0.1) is 0 Å². The van der Waals surface area contributed by atoms with Gasteiger partial charge < -0.3 is 14.7 Å². The van der Waals surface area contributed by atoms with E-state index in [2.05, 4.69) is 12.1 Å². The van der Waals surface area contributed by atoms with Crippen LogP contribution in [0.5, 0.6) is 5.75 Å². The SMILES string of the molecule is Cc1cc(C(=O)N(C)CC2(c3ccccc3)CC2)cc(C)c1OCC(=O)O. The Hall–Kier alpha value is -2.82. The number of hydrogen-bond donors (Lipinski definition) is 1. The molecule has 142 valence electrons. The molecule has 0 spiro atoms. The lowest BCUT2D eigenvalue weighted by Gasteiger charge is -2.25. The molecule has 2 aromatic carbocycles. The number of nitrogens with zero attached hydrogens (tertiary/aromatic N) is 1. The average Bonchev–Trinajstić information content (AvgIpc) is 3.41. The van der Waals surface area contributed by atoms with Gasteiger partial charge >= 0.3 is 5.97 Å². The minimum Gasteiger partial charge on any atom is -0.481 e. The van der Waals surface area contributed by atoms with Crippen molar-refractivity contribution >= 4 is 11.9 Å². The Morgan fingerprint density at radius 1 is 1.11 bits per heavy atom. The lowest BCUT2D eigenvalue weighted by Crippen LogP contribution is -2.34. The summed E-state index contributed by atoms with van der Waals surface area (Å²) in [6.45, 7) is 3.94. The summed E-state index contributed by atoms with van der Waals surface area (Å²) in [5.41, 5.74) is 3.48. The lowest BCUT2D eigenvalue weighted by molar-refractivity contribution is -0.139. The molecule has 0 unspecified atom stereocenters. The number of aryl methyl sites for hydroxylation is 2. The summed E-state index contributed by atoms with van der Waals surface area (Å²) >= 11 is 0. The largest absolute Gasteiger partial charge is 0.481 e. The van der Waals surface area contributed by atoms with E-state index in [0.29, 0.717) is 17.9 Å². The van der Waals surface area contributed by atoms with Crippen LogP contribution in [-0.4, -0.2) is 42.1 Å². The molecule has 2 aromatic rings. The minimum absolute atomic E-state index is 0.0341. The van der Waals surface area contributed by atoms with Gasteiger partial charge in [-0.1, -0.05) is 30.3 Å². The molecule has 1 amide bonds. The van der Waals surface area contributed by atoms with Crippen LogP contribution in [0.4, 0.5) is 0 Å². The molecule has 0 saturated heterocycles. The van der Waals surface area contributed by atoms with E-state index in [9.17, 15) is 9.59 Å². The molecule has 1 aliphatic carbocycles. The maximum Gasteiger partial charge on any atom is 0.341 e. The molecule has 0 bridgehead atoms. The highest BCUT2D eigenvalue weighted by Gasteiger charge is 2.45. The first kappa shape index (κ1) is 19.0. The molecule has 0 heterocycles. The summed E-state index contributed by atoms with van der Waals surface area (Å²) in [6, 6.07) is 13.9. The van der Waals surface area contributed by atoms with Crippen LogP contribution in [0, 0.1) is 13.8 Å². The number of hydrogen-bond acceptors (Lipinski definition) is 3. The summed E-state index contributed by atoms with van der Waals surface area (Å²) in [6.07, 6.45) is 2.18. The van der Waals surface area contributed by atoms with E-state index in [4.69, 9.17) is 9.84 Å². The van der Waals surface area contributed by atoms with Gasteiger partial charge in [-0.25, -0.2) is 4.79 Å². The number of rotatable bonds is 7. The van der Waals surface area contributed by atoms with Gasteiger partial charge in [-0.2, -0.15) is 0 Å². The van der Waals surface area contributed by atoms with Crippen LogP contribution in [0.3, 0.4) is 0 Å². The molecule has 1 saturated carbocycles. The third-order valence-electron chi connectivity index (χ3n) is 5.17. The van der Waals surface area contributed by atoms with E-state index in [-0.39, 0.29) is 11.3 Å². The van der Waals surface area contributed by atoms with Crippen LogP contribution in [0.25, 0.3) is 0 Å². The van der Waals surface area contributed by atoms with Crippen molar-refractivity contribution < 1.29 is 19.4 Å². The smallest absolute Gasteiger partial charge is 0.341 e. The number of likely N-dealkylation sites (N-methyl/N-ethyl adjacent to an activating group) is 1. The Balaban J connectivity index is 1.75. The van der Waals surface area contributed by atoms with E-state index in [1.807, 2.05) is 39.1 Å². The van der Waals surface area contributed by atoms with E-state index in [1.54, 1.807) is 17.0 Å². The van der Waals surface area contributed by atoms with Crippen LogP contribution >= 0.6 is 0 Å². The monoisotopic (exact) mass is 367 g/mol. The van der Waals surface area contributed by atoms with E-state index >= 15 is 0 Å². The Bertz CT molecular complexity index is 833. The summed E-state index contributed by atoms with van der Waals surface area (Å²) in [5, 5.41) is 8.79. The molecule has 1 fully saturated rings. The first-order valence-corrected chi connectivity index (χ1v) is 9.09. The van der Waals surface area contributed by atoms with E-state index in [0.717, 1.165) is 24.0 Å². The van der Waals surface area contributed by atoms with Crippen molar-refractivity contribution in [2.45, 2.75) is 32.1 Å². The number of amides is 1. The molecule has 0 atom stereocenters. The number of carboxylic acid groups (broad SMARTS) is 1. The molecule has 0 aliphatic heterocycles. The van der Waals surface area contributed by atoms with Gasteiger partial charge in [0.1, 0.15) is 5.75 Å². The highest BCUT2D eigenvalue weighted by Crippen LogP contribution is 2.48. The average molecular weight is 367 g/mol. The zero-order valence-electron chi connectivity index (χ0n) is 16.0. The molecular weight excluding hydrogens is 342 g/mol. The summed E-state index contributed by atoms with van der Waals surface area (Å²) in [7, 11) is 1.84. The maximum absolute atomic E-state index is 13.0. The Labute approximate surface area is 159 Å². The van der Waals surface area contributed by atoms with Gasteiger partial charge in [0, 0.05) is 24.6 Å². The number of carbonyl (C=O) groups excluding carboxylic acids is 1. The molecule has 5 heteroatoms. The van der Waals surface area contributed by atoms with Crippen molar-refractivity contribution in [2.75, 3.05) is 20.2 Å². The fourth-order valence-electron chi connectivity index (χ4n) is 3.66. The Morgan fingerprint density at radius 3 is 2.22 bits per heavy atom. The number of carboxylic acids is 1. The normalized spacial score (nSPS) is 14.5. The summed E-state index contributed by atoms with van der Waals surface area (Å²) < 4.78 is 5.35. The highest BCUT2D eigenvalue weighted by atomic mass is 16.5. The van der Waals surface area contributed by atoms with Crippen LogP contribution in [0.1, 0.15) is 39.9 Å². The number of carbonyl (C=O) groups is 2. The van der Waals surface area contributed by atoms with Crippen molar-refractivity contribution in [3.05, 3.63) is 64.7 Å². The lowest BCUT2D eigenvalue weighted by atomic mass is 9.95. The predicted molar refractivity (Wildman–Crippen MR) is 103 cm³/mol.